The van der Waals surface area contributed by atoms with Crippen LogP contribution in [0.4, 0.5) is 5.69 Å². The number of piperidine rings is 1. The lowest BCUT2D eigenvalue weighted by Crippen LogP contribution is -2.54. The molecule has 1 aromatic heterocycles. The number of hydrogen-bond donors (Lipinski definition) is 1. The van der Waals surface area contributed by atoms with Crippen LogP contribution < -0.4 is 10.2 Å². The van der Waals surface area contributed by atoms with Gasteiger partial charge in [0.25, 0.3) is 0 Å². The van der Waals surface area contributed by atoms with Gasteiger partial charge >= 0.3 is 0 Å². The molecule has 6 heteroatoms. The van der Waals surface area contributed by atoms with Crippen molar-refractivity contribution < 1.29 is 9.53 Å². The molecule has 6 rings (SSSR count). The first-order valence-electron chi connectivity index (χ1n) is 13.7. The zero-order valence-electron chi connectivity index (χ0n) is 21.2. The molecular formula is C29H39N3O2S. The van der Waals surface area contributed by atoms with Crippen LogP contribution in [0.1, 0.15) is 60.4 Å². The Kier molecular flexibility index (Phi) is 6.40. The highest BCUT2D eigenvalue weighted by molar-refractivity contribution is 7.12. The van der Waals surface area contributed by atoms with Crippen LogP contribution in [0.5, 0.6) is 0 Å². The predicted octanol–water partition coefficient (Wildman–Crippen LogP) is 4.52. The molecular weight excluding hydrogens is 454 g/mol. The fourth-order valence-corrected chi connectivity index (χ4v) is 8.08. The van der Waals surface area contributed by atoms with E-state index in [-0.39, 0.29) is 11.5 Å². The topological polar surface area (TPSA) is 44.8 Å². The van der Waals surface area contributed by atoms with E-state index in [1.54, 1.807) is 4.88 Å². The second kappa shape index (κ2) is 9.53. The second-order valence-electron chi connectivity index (χ2n) is 11.2. The first kappa shape index (κ1) is 23.5. The van der Waals surface area contributed by atoms with E-state index in [2.05, 4.69) is 59.3 Å². The molecule has 0 bridgehead atoms. The number of fused-ring (bicyclic) bond motifs is 3. The van der Waals surface area contributed by atoms with Crippen molar-refractivity contribution in [3.8, 4) is 0 Å². The van der Waals surface area contributed by atoms with E-state index in [1.807, 2.05) is 11.3 Å². The summed E-state index contributed by atoms with van der Waals surface area (Å²) in [5.41, 5.74) is 4.04. The van der Waals surface area contributed by atoms with Crippen molar-refractivity contribution in [1.82, 2.24) is 10.2 Å². The lowest BCUT2D eigenvalue weighted by molar-refractivity contribution is -0.122. The molecule has 1 aromatic carbocycles. The standard InChI is InChI=1S/C29H39N3O2S/c1-3-24-16-25-27(35-24)9-13-34-29(25)10-12-31(20(2)17-29)18-21-14-23(15-21)30-28(33)19-32-11-8-22-6-4-5-7-26(22)32/h4-7,16,20-21,23H,3,8-15,17-19H2,1-2H3,(H,30,33)/t20-,21-,23+,29+/m0/s1. The largest absolute Gasteiger partial charge is 0.370 e. The molecule has 1 saturated carbocycles. The van der Waals surface area contributed by atoms with E-state index < -0.39 is 0 Å². The summed E-state index contributed by atoms with van der Waals surface area (Å²) < 4.78 is 6.52. The number of hydrogen-bond acceptors (Lipinski definition) is 5. The van der Waals surface area contributed by atoms with Crippen molar-refractivity contribution in [2.45, 2.75) is 76.5 Å². The number of ether oxygens (including phenoxy) is 1. The van der Waals surface area contributed by atoms with E-state index in [1.165, 1.54) is 21.7 Å². The Hall–Kier alpha value is -1.89. The molecule has 4 heterocycles. The number of nitrogens with one attached hydrogen (secondary N) is 1. The predicted molar refractivity (Wildman–Crippen MR) is 142 cm³/mol. The third-order valence-electron chi connectivity index (χ3n) is 8.87. The Bertz CT molecular complexity index is 1080. The Morgan fingerprint density at radius 2 is 2.09 bits per heavy atom. The Morgan fingerprint density at radius 3 is 2.91 bits per heavy atom. The first-order valence-corrected chi connectivity index (χ1v) is 14.5. The number of amides is 1. The van der Waals surface area contributed by atoms with Crippen molar-refractivity contribution in [2.24, 2.45) is 5.92 Å². The molecule has 2 aromatic rings. The molecule has 3 aliphatic heterocycles. The summed E-state index contributed by atoms with van der Waals surface area (Å²) in [6, 6.07) is 11.8. The van der Waals surface area contributed by atoms with Gasteiger partial charge in [-0.2, -0.15) is 0 Å². The number of para-hydroxylation sites is 1. The van der Waals surface area contributed by atoms with Gasteiger partial charge in [-0.1, -0.05) is 25.1 Å². The molecule has 1 amide bonds. The van der Waals surface area contributed by atoms with Gasteiger partial charge in [0.05, 0.1) is 18.8 Å². The molecule has 2 fully saturated rings. The van der Waals surface area contributed by atoms with Gasteiger partial charge in [-0.15, -0.1) is 11.3 Å². The van der Waals surface area contributed by atoms with E-state index in [9.17, 15) is 4.79 Å². The zero-order valence-corrected chi connectivity index (χ0v) is 22.0. The molecule has 1 spiro atoms. The van der Waals surface area contributed by atoms with E-state index in [4.69, 9.17) is 4.74 Å². The maximum Gasteiger partial charge on any atom is 0.239 e. The average molecular weight is 494 g/mol. The van der Waals surface area contributed by atoms with Crippen LogP contribution in [0, 0.1) is 5.92 Å². The minimum absolute atomic E-state index is 0.0578. The molecule has 4 aliphatic rings. The van der Waals surface area contributed by atoms with E-state index >= 15 is 0 Å². The Balaban J connectivity index is 0.974. The van der Waals surface area contributed by atoms with Crippen molar-refractivity contribution in [3.05, 3.63) is 51.2 Å². The lowest BCUT2D eigenvalue weighted by atomic mass is 9.76. The SMILES string of the molecule is CCc1cc2c(s1)CCO[C@@]21CCN(C[C@H]2C[C@@H](NC(=O)CN3CCc4ccccc43)C2)[C@@H](C)C1. The van der Waals surface area contributed by atoms with Gasteiger partial charge in [-0.05, 0) is 74.6 Å². The highest BCUT2D eigenvalue weighted by Gasteiger charge is 2.45. The van der Waals surface area contributed by atoms with Crippen molar-refractivity contribution >= 4 is 22.9 Å². The van der Waals surface area contributed by atoms with Crippen LogP contribution in [0.15, 0.2) is 30.3 Å². The summed E-state index contributed by atoms with van der Waals surface area (Å²) in [6.07, 6.45) is 7.68. The van der Waals surface area contributed by atoms with Crippen LogP contribution in [0.2, 0.25) is 0 Å². The first-order chi connectivity index (χ1) is 17.0. The molecule has 1 saturated heterocycles. The van der Waals surface area contributed by atoms with Crippen molar-refractivity contribution in [2.75, 3.05) is 37.7 Å². The van der Waals surface area contributed by atoms with Gasteiger partial charge in [0.1, 0.15) is 0 Å². The maximum absolute atomic E-state index is 12.7. The van der Waals surface area contributed by atoms with Gasteiger partial charge in [0, 0.05) is 53.6 Å². The molecule has 188 valence electrons. The molecule has 1 aliphatic carbocycles. The lowest BCUT2D eigenvalue weighted by Gasteiger charge is -2.49. The number of rotatable bonds is 6. The number of nitrogens with zero attached hydrogens (tertiary/aromatic N) is 2. The monoisotopic (exact) mass is 493 g/mol. The van der Waals surface area contributed by atoms with Crippen molar-refractivity contribution in [3.63, 3.8) is 0 Å². The number of likely N-dealkylation sites (tertiary alicyclic amines) is 1. The number of benzene rings is 1. The van der Waals surface area contributed by atoms with Crippen LogP contribution in [-0.2, 0) is 34.4 Å². The highest BCUT2D eigenvalue weighted by atomic mass is 32.1. The summed E-state index contributed by atoms with van der Waals surface area (Å²) >= 11 is 2.01. The molecule has 35 heavy (non-hydrogen) atoms. The van der Waals surface area contributed by atoms with Crippen molar-refractivity contribution in [1.29, 1.82) is 0 Å². The smallest absolute Gasteiger partial charge is 0.239 e. The number of carbonyl (C=O) groups is 1. The van der Waals surface area contributed by atoms with Gasteiger partial charge < -0.3 is 19.9 Å². The fraction of sp³-hybridized carbons (Fsp3) is 0.621. The number of aryl methyl sites for hydroxylation is 1. The normalized spacial score (nSPS) is 30.1. The molecule has 0 unspecified atom stereocenters. The van der Waals surface area contributed by atoms with Crippen LogP contribution >= 0.6 is 11.3 Å². The third-order valence-corrected chi connectivity index (χ3v) is 10.2. The average Bonchev–Trinajstić information content (AvgIpc) is 3.44. The van der Waals surface area contributed by atoms with E-state index in [0.717, 1.165) is 71.2 Å². The quantitative estimate of drug-likeness (QED) is 0.643. The summed E-state index contributed by atoms with van der Waals surface area (Å²) in [7, 11) is 0. The summed E-state index contributed by atoms with van der Waals surface area (Å²) in [5.74, 6) is 0.867. The maximum atomic E-state index is 12.7. The van der Waals surface area contributed by atoms with E-state index in [0.29, 0.717) is 24.5 Å². The molecule has 1 N–H and O–H groups in total. The van der Waals surface area contributed by atoms with Gasteiger partial charge in [0.2, 0.25) is 5.91 Å². The summed E-state index contributed by atoms with van der Waals surface area (Å²) in [4.78, 5) is 20.7. The van der Waals surface area contributed by atoms with Crippen LogP contribution in [0.25, 0.3) is 0 Å². The highest BCUT2D eigenvalue weighted by Crippen LogP contribution is 2.46. The number of carbonyl (C=O) groups excluding carboxylic acids is 1. The second-order valence-corrected chi connectivity index (χ2v) is 12.4. The summed E-state index contributed by atoms with van der Waals surface area (Å²) in [5, 5.41) is 3.30. The molecule has 0 radical (unpaired) electrons. The Morgan fingerprint density at radius 1 is 1.23 bits per heavy atom. The van der Waals surface area contributed by atoms with Crippen LogP contribution in [-0.4, -0.2) is 55.7 Å². The van der Waals surface area contributed by atoms with Gasteiger partial charge in [0.15, 0.2) is 0 Å². The minimum atomic E-state index is -0.0578. The van der Waals surface area contributed by atoms with Gasteiger partial charge in [-0.3, -0.25) is 4.79 Å². The molecule has 5 nitrogen and oxygen atoms in total. The zero-order chi connectivity index (χ0) is 24.0. The fourth-order valence-electron chi connectivity index (χ4n) is 6.90. The number of anilines is 1. The number of thiophene rings is 1. The van der Waals surface area contributed by atoms with Gasteiger partial charge in [-0.25, -0.2) is 0 Å². The minimum Gasteiger partial charge on any atom is -0.370 e. The Labute approximate surface area is 213 Å². The molecule has 2 atom stereocenters. The summed E-state index contributed by atoms with van der Waals surface area (Å²) in [6.45, 7) is 9.21. The van der Waals surface area contributed by atoms with Crippen LogP contribution in [0.3, 0.4) is 0 Å². The third kappa shape index (κ3) is 4.54.